The average molecular weight is 1880 g/mol. The van der Waals surface area contributed by atoms with E-state index in [2.05, 4.69) is 29.9 Å². The molecule has 0 unspecified atom stereocenters. The van der Waals surface area contributed by atoms with Crippen LogP contribution in [0.1, 0.15) is 71.6 Å². The van der Waals surface area contributed by atoms with Gasteiger partial charge < -0.3 is 91.1 Å². The first-order chi connectivity index (χ1) is 49.9. The minimum atomic E-state index is -6.09. The van der Waals surface area contributed by atoms with E-state index in [4.69, 9.17) is 42.7 Å². The number of nitrogens with zero attached hydrogens (tertiary/aromatic N) is 10. The number of alkyl halides is 3. The van der Waals surface area contributed by atoms with Crippen LogP contribution in [0.2, 0.25) is 0 Å². The molecule has 0 bridgehead atoms. The summed E-state index contributed by atoms with van der Waals surface area (Å²) in [6, 6.07) is 60.1. The molecule has 4 radical (unpaired) electrons. The number of benzene rings is 4. The maximum Gasteiger partial charge on any atom is 3.00 e. The van der Waals surface area contributed by atoms with Crippen LogP contribution in [-0.4, -0.2) is 168 Å². The number of pyridine rings is 6. The summed E-state index contributed by atoms with van der Waals surface area (Å²) in [5.41, 5.74) is -5.22. The summed E-state index contributed by atoms with van der Waals surface area (Å²) >= 11 is 0. The molecule has 6 aromatic heterocycles. The van der Waals surface area contributed by atoms with E-state index in [1.807, 2.05) is 91.0 Å². The molecule has 0 N–H and O–H groups in total. The Kier molecular flexibility index (Phi) is 61.3. The van der Waals surface area contributed by atoms with Crippen LogP contribution in [0.15, 0.2) is 237 Å². The van der Waals surface area contributed by atoms with E-state index in [0.717, 1.165) is 46.4 Å². The van der Waals surface area contributed by atoms with Crippen LogP contribution in [0.5, 0.6) is 0 Å². The zero-order chi connectivity index (χ0) is 79.8. The summed E-state index contributed by atoms with van der Waals surface area (Å²) < 4.78 is 58.9. The first-order valence-corrected chi connectivity index (χ1v) is 32.4. The Bertz CT molecular complexity index is 3920. The van der Waals surface area contributed by atoms with E-state index < -0.39 is 50.3 Å². The second-order valence-corrected chi connectivity index (χ2v) is 23.8. The summed E-state index contributed by atoms with van der Waals surface area (Å²) in [6.45, 7) is 2.92. The van der Waals surface area contributed by atoms with Gasteiger partial charge in [-0.2, -0.15) is 13.2 Å². The predicted molar refractivity (Wildman–Crippen MR) is 377 cm³/mol. The molecular formula is C76H76F3Mn3N10O20SYb-12. The fourth-order valence-corrected chi connectivity index (χ4v) is 8.87. The molecule has 624 valence electrons. The number of carbonyl (C=O) groups excluding carboxylic acids is 7. The maximum absolute atomic E-state index is 16.0. The van der Waals surface area contributed by atoms with Crippen molar-refractivity contribution in [1.29, 1.82) is 0 Å². The fraction of sp³-hybridized carbons (Fsp3) is 0.197. The second-order valence-electron chi connectivity index (χ2n) is 22.4. The van der Waals surface area contributed by atoms with E-state index in [0.29, 0.717) is 50.1 Å². The molecule has 0 aliphatic heterocycles. The molecule has 10 rings (SSSR count). The molecular weight excluding hydrogens is 1800 g/mol. The quantitative estimate of drug-likeness (QED) is 0.0580. The Labute approximate surface area is 728 Å². The molecule has 4 amide bonds. The Morgan fingerprint density at radius 1 is 0.342 bits per heavy atom. The van der Waals surface area contributed by atoms with Crippen LogP contribution in [0, 0.1) is 46.9 Å². The number of carboxylic acid groups (broad SMARTS) is 3. The predicted octanol–water partition coefficient (Wildman–Crippen LogP) is 2.67. The Balaban J connectivity index is -0.000000397. The van der Waals surface area contributed by atoms with E-state index in [-0.39, 0.29) is 154 Å². The number of amides is 4. The molecule has 38 heteroatoms. The van der Waals surface area contributed by atoms with Gasteiger partial charge in [-0.1, -0.05) is 109 Å². The maximum atomic E-state index is 16.0. The van der Waals surface area contributed by atoms with Crippen molar-refractivity contribution in [3.63, 3.8) is 0 Å². The summed E-state index contributed by atoms with van der Waals surface area (Å²) in [5.74, 6) is -3.25. The molecule has 0 atom stereocenters. The van der Waals surface area contributed by atoms with Gasteiger partial charge in [0.1, 0.15) is 0 Å². The molecule has 0 fully saturated rings. The van der Waals surface area contributed by atoms with Crippen LogP contribution in [0.4, 0.5) is 13.2 Å². The van der Waals surface area contributed by atoms with Gasteiger partial charge in [0, 0.05) is 214 Å². The van der Waals surface area contributed by atoms with Crippen molar-refractivity contribution in [3.05, 3.63) is 288 Å². The van der Waals surface area contributed by atoms with Gasteiger partial charge in [-0.25, -0.2) is 8.42 Å². The Morgan fingerprint density at radius 3 is 0.588 bits per heavy atom. The normalized spacial score (nSPS) is 9.70. The molecule has 0 spiro atoms. The molecule has 0 aliphatic rings. The minimum absolute atomic E-state index is 0. The number of halogens is 3. The first kappa shape index (κ1) is 118. The molecule has 0 aliphatic carbocycles. The van der Waals surface area contributed by atoms with Gasteiger partial charge in [-0.15, -0.1) is 0 Å². The van der Waals surface area contributed by atoms with Gasteiger partial charge in [0.25, 0.3) is 0 Å². The van der Waals surface area contributed by atoms with Crippen molar-refractivity contribution >= 4 is 53.7 Å². The third kappa shape index (κ3) is 38.1. The molecule has 6 heterocycles. The number of carboxylic acids is 3. The van der Waals surface area contributed by atoms with Crippen molar-refractivity contribution in [1.82, 2.24) is 49.5 Å². The van der Waals surface area contributed by atoms with E-state index in [1.165, 1.54) is 19.6 Å². The number of aliphatic carboxylic acids is 3. The van der Waals surface area contributed by atoms with Crippen LogP contribution in [-0.2, 0) is 134 Å². The van der Waals surface area contributed by atoms with Gasteiger partial charge in [-0.3, -0.25) is 49.1 Å². The van der Waals surface area contributed by atoms with Gasteiger partial charge in [-0.05, 0) is 162 Å². The van der Waals surface area contributed by atoms with E-state index in [9.17, 15) is 32.3 Å². The van der Waals surface area contributed by atoms with E-state index in [1.54, 1.807) is 203 Å². The number of aromatic nitrogens is 6. The number of rotatable bonds is 16. The average Bonchev–Trinajstić information content (AvgIpc) is 0.746. The largest absolute Gasteiger partial charge is 3.00 e. The van der Waals surface area contributed by atoms with Crippen molar-refractivity contribution < 1.29 is 210 Å². The van der Waals surface area contributed by atoms with E-state index >= 15 is 15.3 Å². The van der Waals surface area contributed by atoms with Gasteiger partial charge in [0.2, 0.25) is 25.6 Å². The zero-order valence-electron chi connectivity index (χ0n) is 62.4. The number of hydrogen-bond donors (Lipinski definition) is 0. The number of carbonyl (C=O) groups is 7. The molecule has 4 aromatic carbocycles. The SMILES string of the molecule is CC(=O)[O-].CC(=O)[O-].CC(=O)[O-].CN(C)C=O.CN(C)C=O.CN(C)C=O.CN(C)C=O.O=S(=O)([O-])C(F)(F)F.[Mn].[Mn].[Mn].[O-2].[O-2].[O-2].[O-2].[O-]C(c1ccccn1)(c1ccccn1)c1ccccc1-c1cc(-c2ccccc2C([O-])(c2ccccn2)c2ccccn2)cc(-c2ccccc2C([O-])(c2ccccn2)c2ccccn2)c1.[Yb+3]. The monoisotopic (exact) mass is 1880 g/mol. The minimum Gasteiger partial charge on any atom is -2.00 e. The molecule has 114 heavy (non-hydrogen) atoms. The Morgan fingerprint density at radius 2 is 0.474 bits per heavy atom. The topological polar surface area (TPSA) is 519 Å². The third-order valence-corrected chi connectivity index (χ3v) is 13.6. The summed E-state index contributed by atoms with van der Waals surface area (Å²) in [4.78, 5) is 97.9. The number of hydrogen-bond acceptors (Lipinski definition) is 22. The molecule has 0 saturated carbocycles. The van der Waals surface area contributed by atoms with Crippen LogP contribution in [0.3, 0.4) is 0 Å². The van der Waals surface area contributed by atoms with Crippen molar-refractivity contribution in [2.45, 2.75) is 43.1 Å². The van der Waals surface area contributed by atoms with Gasteiger partial charge in [0.15, 0.2) is 10.1 Å². The van der Waals surface area contributed by atoms with Crippen LogP contribution in [0.25, 0.3) is 33.4 Å². The first-order valence-electron chi connectivity index (χ1n) is 31.0. The van der Waals surface area contributed by atoms with Gasteiger partial charge in [0.05, 0.1) is 0 Å². The summed E-state index contributed by atoms with van der Waals surface area (Å²) in [6.07, 6.45) is 12.6. The Hall–Kier alpha value is -9.43. The molecule has 0 saturated heterocycles. The fourth-order valence-electron chi connectivity index (χ4n) is 8.87. The molecule has 30 nitrogen and oxygen atoms in total. The van der Waals surface area contributed by atoms with Crippen LogP contribution < -0.4 is 30.6 Å². The van der Waals surface area contributed by atoms with Crippen molar-refractivity contribution in [2.75, 3.05) is 56.4 Å². The molecule has 10 aromatic rings. The van der Waals surface area contributed by atoms with Gasteiger partial charge >= 0.3 is 52.4 Å². The second kappa shape index (κ2) is 59.3. The smallest absolute Gasteiger partial charge is 2.00 e. The van der Waals surface area contributed by atoms with Crippen molar-refractivity contribution in [2.24, 2.45) is 0 Å². The summed E-state index contributed by atoms with van der Waals surface area (Å²) in [5, 5.41) is 74.6. The third-order valence-electron chi connectivity index (χ3n) is 13.1. The zero-order valence-corrected chi connectivity index (χ0v) is 68.5. The summed E-state index contributed by atoms with van der Waals surface area (Å²) in [7, 11) is 7.41. The standard InChI is InChI=1S/C57H39N6O3.4C3H7NO.3C2H4O2.CHF3O3S.3Mn.4O.Yb/c64-55(49-25-7-13-31-58-49,50-26-8-14-32-59-50)46-22-4-1-19-43(46)40-37-41(44-20-2-5-23-47(44)56(65,51-27-9-15-33-60-51)52-28-10-16-34-61-52)39-42(38-40)45-21-3-6-24-48(45)57(66,53-29-11-17-35-62-53)54-30-12-18-36-63-54;4*1-4(2)3-5;3*1-2(3)4;2-1(3,4)8(5,6)7;;;;;;;;/h1-39H;4*3H,1-2H3;3*1H3,(H,3,4);(H,5,6,7);;;;;;;;/q-3;;;;;;;;;;;;4*-2;+3/p-4. The van der Waals surface area contributed by atoms with Crippen molar-refractivity contribution in [3.8, 4) is 33.4 Å². The van der Waals surface area contributed by atoms with Crippen LogP contribution >= 0.6 is 0 Å².